The molecule has 0 radical (unpaired) electrons. The molecule has 3 rings (SSSR count). The van der Waals surface area contributed by atoms with Crippen molar-refractivity contribution in [3.63, 3.8) is 0 Å². The monoisotopic (exact) mass is 274 g/mol. The van der Waals surface area contributed by atoms with Gasteiger partial charge in [0.15, 0.2) is 5.69 Å². The van der Waals surface area contributed by atoms with Crippen LogP contribution in [0.15, 0.2) is 30.5 Å². The van der Waals surface area contributed by atoms with Gasteiger partial charge in [-0.3, -0.25) is 4.90 Å². The zero-order valence-corrected chi connectivity index (χ0v) is 10.7. The van der Waals surface area contributed by atoms with Crippen LogP contribution in [0.1, 0.15) is 22.1 Å². The third-order valence-electron chi connectivity index (χ3n) is 3.36. The lowest BCUT2D eigenvalue weighted by atomic mass is 10.1. The largest absolute Gasteiger partial charge is 0.508 e. The van der Waals surface area contributed by atoms with Crippen molar-refractivity contribution in [1.29, 1.82) is 0 Å². The summed E-state index contributed by atoms with van der Waals surface area (Å²) in [5.74, 6) is -0.797. The van der Waals surface area contributed by atoms with Crippen LogP contribution in [0.25, 0.3) is 0 Å². The van der Waals surface area contributed by atoms with Crippen LogP contribution >= 0.6 is 0 Å². The number of rotatable bonds is 4. The Kier molecular flexibility index (Phi) is 3.11. The van der Waals surface area contributed by atoms with Gasteiger partial charge in [-0.1, -0.05) is 17.3 Å². The van der Waals surface area contributed by atoms with E-state index in [4.69, 9.17) is 5.11 Å². The molecule has 20 heavy (non-hydrogen) atoms. The summed E-state index contributed by atoms with van der Waals surface area (Å²) in [6, 6.07) is 7.33. The molecule has 0 bridgehead atoms. The molecule has 2 N–H and O–H groups in total. The fourth-order valence-corrected chi connectivity index (χ4v) is 2.31. The second-order valence-corrected chi connectivity index (χ2v) is 4.91. The lowest BCUT2D eigenvalue weighted by molar-refractivity contribution is 0.0690. The van der Waals surface area contributed by atoms with Gasteiger partial charge in [0.1, 0.15) is 5.75 Å². The van der Waals surface area contributed by atoms with Gasteiger partial charge in [-0.05, 0) is 17.7 Å². The van der Waals surface area contributed by atoms with E-state index < -0.39 is 5.97 Å². The Balaban J connectivity index is 1.57. The number of aromatic nitrogens is 3. The van der Waals surface area contributed by atoms with Crippen molar-refractivity contribution < 1.29 is 15.0 Å². The van der Waals surface area contributed by atoms with E-state index in [1.54, 1.807) is 16.8 Å². The second kappa shape index (κ2) is 4.93. The highest BCUT2D eigenvalue weighted by molar-refractivity contribution is 5.84. The number of benzene rings is 1. The molecule has 104 valence electrons. The van der Waals surface area contributed by atoms with Crippen molar-refractivity contribution in [2.24, 2.45) is 0 Å². The third kappa shape index (κ3) is 2.48. The van der Waals surface area contributed by atoms with Gasteiger partial charge in [0.05, 0.1) is 12.2 Å². The van der Waals surface area contributed by atoms with E-state index in [1.807, 2.05) is 12.1 Å². The quantitative estimate of drug-likeness (QED) is 0.854. The average molecular weight is 274 g/mol. The zero-order valence-electron chi connectivity index (χ0n) is 10.7. The SMILES string of the molecule is O=C(O)c1cn(C2CN(Cc3cccc(O)c3)C2)nn1. The standard InChI is InChI=1S/C13H14N4O3/c18-11-3-1-2-9(4-11)5-16-6-10(7-16)17-8-12(13(19)20)14-15-17/h1-4,8,10,18H,5-7H2,(H,19,20). The summed E-state index contributed by atoms with van der Waals surface area (Å²) in [6.07, 6.45) is 1.46. The summed E-state index contributed by atoms with van der Waals surface area (Å²) >= 11 is 0. The Morgan fingerprint density at radius 1 is 1.40 bits per heavy atom. The summed E-state index contributed by atoms with van der Waals surface area (Å²) in [4.78, 5) is 12.9. The first-order valence-electron chi connectivity index (χ1n) is 6.27. The minimum absolute atomic E-state index is 0.0311. The first-order chi connectivity index (χ1) is 9.61. The van der Waals surface area contributed by atoms with Crippen molar-refractivity contribution in [3.8, 4) is 5.75 Å². The minimum atomic E-state index is -1.06. The first kappa shape index (κ1) is 12.6. The molecule has 0 aliphatic carbocycles. The Hall–Kier alpha value is -2.41. The number of phenols is 1. The van der Waals surface area contributed by atoms with Gasteiger partial charge < -0.3 is 10.2 Å². The van der Waals surface area contributed by atoms with E-state index in [1.165, 1.54) is 6.20 Å². The summed E-state index contributed by atoms with van der Waals surface area (Å²) < 4.78 is 1.60. The van der Waals surface area contributed by atoms with E-state index in [0.717, 1.165) is 25.2 Å². The minimum Gasteiger partial charge on any atom is -0.508 e. The lowest BCUT2D eigenvalue weighted by Crippen LogP contribution is -2.47. The highest BCUT2D eigenvalue weighted by atomic mass is 16.4. The summed E-state index contributed by atoms with van der Waals surface area (Å²) in [5.41, 5.74) is 1.02. The summed E-state index contributed by atoms with van der Waals surface area (Å²) in [7, 11) is 0. The number of hydrogen-bond donors (Lipinski definition) is 2. The Morgan fingerprint density at radius 2 is 2.20 bits per heavy atom. The van der Waals surface area contributed by atoms with E-state index >= 15 is 0 Å². The van der Waals surface area contributed by atoms with Crippen molar-refractivity contribution in [3.05, 3.63) is 41.7 Å². The van der Waals surface area contributed by atoms with Crippen molar-refractivity contribution in [2.75, 3.05) is 13.1 Å². The number of phenolic OH excluding ortho intramolecular Hbond substituents is 1. The van der Waals surface area contributed by atoms with Gasteiger partial charge in [-0.15, -0.1) is 5.10 Å². The smallest absolute Gasteiger partial charge is 0.358 e. The predicted octanol–water partition coefficient (Wildman–Crippen LogP) is 0.739. The molecular weight excluding hydrogens is 260 g/mol. The molecule has 0 amide bonds. The van der Waals surface area contributed by atoms with Crippen LogP contribution in [0, 0.1) is 0 Å². The molecule has 1 saturated heterocycles. The van der Waals surface area contributed by atoms with Gasteiger partial charge in [0.2, 0.25) is 0 Å². The Bertz CT molecular complexity index is 634. The van der Waals surface area contributed by atoms with E-state index in [9.17, 15) is 9.90 Å². The molecule has 1 aliphatic heterocycles. The number of carboxylic acids is 1. The lowest BCUT2D eigenvalue weighted by Gasteiger charge is -2.38. The molecule has 0 spiro atoms. The summed E-state index contributed by atoms with van der Waals surface area (Å²) in [6.45, 7) is 2.33. The highest BCUT2D eigenvalue weighted by Gasteiger charge is 2.29. The van der Waals surface area contributed by atoms with Crippen LogP contribution in [0.4, 0.5) is 0 Å². The molecule has 0 unspecified atom stereocenters. The fourth-order valence-electron chi connectivity index (χ4n) is 2.31. The molecule has 0 saturated carbocycles. The predicted molar refractivity (Wildman–Crippen MR) is 69.4 cm³/mol. The van der Waals surface area contributed by atoms with Crippen molar-refractivity contribution in [1.82, 2.24) is 19.9 Å². The number of aromatic carboxylic acids is 1. The molecule has 7 nitrogen and oxygen atoms in total. The summed E-state index contributed by atoms with van der Waals surface area (Å²) in [5, 5.41) is 25.6. The van der Waals surface area contributed by atoms with Gasteiger partial charge in [-0.25, -0.2) is 9.48 Å². The third-order valence-corrected chi connectivity index (χ3v) is 3.36. The Morgan fingerprint density at radius 3 is 2.85 bits per heavy atom. The average Bonchev–Trinajstić information content (AvgIpc) is 2.82. The van der Waals surface area contributed by atoms with Crippen LogP contribution in [-0.2, 0) is 6.54 Å². The second-order valence-electron chi connectivity index (χ2n) is 4.91. The van der Waals surface area contributed by atoms with Crippen LogP contribution in [0.3, 0.4) is 0 Å². The molecule has 2 heterocycles. The maximum atomic E-state index is 10.7. The maximum Gasteiger partial charge on any atom is 0.358 e. The molecule has 1 aromatic heterocycles. The molecule has 1 aliphatic rings. The number of likely N-dealkylation sites (tertiary alicyclic amines) is 1. The van der Waals surface area contributed by atoms with Crippen LogP contribution < -0.4 is 0 Å². The van der Waals surface area contributed by atoms with Crippen LogP contribution in [0.5, 0.6) is 5.75 Å². The van der Waals surface area contributed by atoms with Gasteiger partial charge in [0.25, 0.3) is 0 Å². The number of carboxylic acid groups (broad SMARTS) is 1. The maximum absolute atomic E-state index is 10.7. The van der Waals surface area contributed by atoms with Gasteiger partial charge >= 0.3 is 5.97 Å². The van der Waals surface area contributed by atoms with Gasteiger partial charge in [-0.2, -0.15) is 0 Å². The van der Waals surface area contributed by atoms with E-state index in [0.29, 0.717) is 0 Å². The van der Waals surface area contributed by atoms with Crippen LogP contribution in [0.2, 0.25) is 0 Å². The zero-order chi connectivity index (χ0) is 14.1. The molecule has 0 atom stereocenters. The van der Waals surface area contributed by atoms with Crippen LogP contribution in [-0.4, -0.2) is 49.2 Å². The van der Waals surface area contributed by atoms with Crippen molar-refractivity contribution >= 4 is 5.97 Å². The van der Waals surface area contributed by atoms with Gasteiger partial charge in [0, 0.05) is 19.6 Å². The molecule has 1 fully saturated rings. The molecular formula is C13H14N4O3. The molecule has 2 aromatic rings. The topological polar surface area (TPSA) is 91.5 Å². The molecule has 1 aromatic carbocycles. The number of hydrogen-bond acceptors (Lipinski definition) is 5. The van der Waals surface area contributed by atoms with Crippen molar-refractivity contribution in [2.45, 2.75) is 12.6 Å². The normalized spacial score (nSPS) is 16.0. The first-order valence-corrected chi connectivity index (χ1v) is 6.27. The Labute approximate surface area is 115 Å². The number of nitrogens with zero attached hydrogens (tertiary/aromatic N) is 4. The number of carbonyl (C=O) groups is 1. The highest BCUT2D eigenvalue weighted by Crippen LogP contribution is 2.23. The molecule has 7 heteroatoms. The number of aromatic hydroxyl groups is 1. The fraction of sp³-hybridized carbons (Fsp3) is 0.308. The van der Waals surface area contributed by atoms with E-state index in [2.05, 4.69) is 15.2 Å². The van der Waals surface area contributed by atoms with E-state index in [-0.39, 0.29) is 17.5 Å².